The van der Waals surface area contributed by atoms with Crippen molar-refractivity contribution in [2.24, 2.45) is 0 Å². The summed E-state index contributed by atoms with van der Waals surface area (Å²) < 4.78 is 32.3. The first kappa shape index (κ1) is 20.0. The van der Waals surface area contributed by atoms with Crippen molar-refractivity contribution in [3.8, 4) is 5.75 Å². The molecule has 1 saturated heterocycles. The Balaban J connectivity index is 1.54. The number of amides is 3. The van der Waals surface area contributed by atoms with Gasteiger partial charge in [0.05, 0.1) is 23.1 Å². The van der Waals surface area contributed by atoms with Crippen molar-refractivity contribution < 1.29 is 27.5 Å². The molecular formula is C20H19N3O6S. The molecule has 0 aromatic heterocycles. The van der Waals surface area contributed by atoms with Crippen molar-refractivity contribution in [1.82, 2.24) is 9.62 Å². The summed E-state index contributed by atoms with van der Waals surface area (Å²) in [6, 6.07) is 9.47. The molecule has 0 aliphatic carbocycles. The number of benzene rings is 2. The number of imide groups is 1. The van der Waals surface area contributed by atoms with E-state index in [1.54, 1.807) is 12.1 Å². The molecule has 2 heterocycles. The third kappa shape index (κ3) is 3.44. The molecule has 0 bridgehead atoms. The summed E-state index contributed by atoms with van der Waals surface area (Å²) in [6.45, 7) is 0.230. The number of carbonyl (C=O) groups is 3. The Morgan fingerprint density at radius 1 is 1.10 bits per heavy atom. The van der Waals surface area contributed by atoms with E-state index in [1.807, 2.05) is 0 Å². The molecule has 10 heteroatoms. The number of sulfonamides is 1. The lowest BCUT2D eigenvalue weighted by atomic mass is 10.1. The first-order chi connectivity index (χ1) is 14.3. The van der Waals surface area contributed by atoms with Gasteiger partial charge in [0.15, 0.2) is 0 Å². The molecule has 0 spiro atoms. The van der Waals surface area contributed by atoms with Crippen LogP contribution in [-0.2, 0) is 14.8 Å². The van der Waals surface area contributed by atoms with Crippen LogP contribution in [0.3, 0.4) is 0 Å². The number of hydrogen-bond donors (Lipinski definition) is 2. The highest BCUT2D eigenvalue weighted by Crippen LogP contribution is 2.28. The highest BCUT2D eigenvalue weighted by Gasteiger charge is 2.39. The van der Waals surface area contributed by atoms with Crippen LogP contribution in [0.1, 0.15) is 33.6 Å². The molecule has 2 aromatic carbocycles. The minimum absolute atomic E-state index is 0.0794. The number of anilines is 1. The third-order valence-electron chi connectivity index (χ3n) is 5.18. The molecule has 0 saturated carbocycles. The van der Waals surface area contributed by atoms with Gasteiger partial charge < -0.3 is 10.1 Å². The first-order valence-corrected chi connectivity index (χ1v) is 10.7. The van der Waals surface area contributed by atoms with Crippen LogP contribution < -0.4 is 15.4 Å². The van der Waals surface area contributed by atoms with Crippen LogP contribution in [-0.4, -0.2) is 50.1 Å². The maximum Gasteiger partial charge on any atom is 0.259 e. The molecule has 2 aliphatic heterocycles. The molecular weight excluding hydrogens is 410 g/mol. The highest BCUT2D eigenvalue weighted by molar-refractivity contribution is 7.89. The van der Waals surface area contributed by atoms with E-state index in [0.717, 1.165) is 0 Å². The van der Waals surface area contributed by atoms with E-state index < -0.39 is 33.8 Å². The van der Waals surface area contributed by atoms with Crippen LogP contribution in [0.25, 0.3) is 0 Å². The summed E-state index contributed by atoms with van der Waals surface area (Å²) in [5.41, 5.74) is 0.729. The largest absolute Gasteiger partial charge is 0.497 e. The van der Waals surface area contributed by atoms with Crippen molar-refractivity contribution in [3.63, 3.8) is 0 Å². The zero-order valence-electron chi connectivity index (χ0n) is 16.0. The van der Waals surface area contributed by atoms with Gasteiger partial charge in [-0.2, -0.15) is 4.31 Å². The van der Waals surface area contributed by atoms with Gasteiger partial charge in [-0.25, -0.2) is 8.42 Å². The van der Waals surface area contributed by atoms with Gasteiger partial charge in [0.1, 0.15) is 11.8 Å². The zero-order valence-corrected chi connectivity index (χ0v) is 16.9. The monoisotopic (exact) mass is 429 g/mol. The normalized spacial score (nSPS) is 18.8. The standard InChI is InChI=1S/C20H19N3O6S/c1-29-13-5-7-14(8-6-13)30(27,28)23-10-2-3-17(23)20(26)21-12-4-9-15-16(11-12)19(25)22-18(15)24/h4-9,11,17H,2-3,10H2,1H3,(H,21,26)(H,22,24,25)/t17-/m1/s1. The molecule has 4 rings (SSSR count). The Kier molecular flexibility index (Phi) is 5.04. The van der Waals surface area contributed by atoms with Crippen LogP contribution in [0.2, 0.25) is 0 Å². The fourth-order valence-corrected chi connectivity index (χ4v) is 5.30. The summed E-state index contributed by atoms with van der Waals surface area (Å²) in [5.74, 6) is -0.978. The van der Waals surface area contributed by atoms with E-state index in [-0.39, 0.29) is 22.6 Å². The molecule has 1 fully saturated rings. The zero-order chi connectivity index (χ0) is 21.5. The third-order valence-corrected chi connectivity index (χ3v) is 7.10. The summed E-state index contributed by atoms with van der Waals surface area (Å²) in [5, 5.41) is 4.85. The van der Waals surface area contributed by atoms with Crippen molar-refractivity contribution in [2.45, 2.75) is 23.8 Å². The number of ether oxygens (including phenoxy) is 1. The van der Waals surface area contributed by atoms with E-state index in [0.29, 0.717) is 24.3 Å². The maximum absolute atomic E-state index is 13.0. The molecule has 2 aliphatic rings. The predicted octanol–water partition coefficient (Wildman–Crippen LogP) is 1.37. The minimum Gasteiger partial charge on any atom is -0.497 e. The molecule has 3 amide bonds. The van der Waals surface area contributed by atoms with Crippen molar-refractivity contribution >= 4 is 33.4 Å². The van der Waals surface area contributed by atoms with Gasteiger partial charge in [0, 0.05) is 12.2 Å². The Labute approximate surface area is 173 Å². The molecule has 0 unspecified atom stereocenters. The van der Waals surface area contributed by atoms with Crippen molar-refractivity contribution in [2.75, 3.05) is 19.0 Å². The lowest BCUT2D eigenvalue weighted by molar-refractivity contribution is -0.119. The van der Waals surface area contributed by atoms with Gasteiger partial charge in [0.2, 0.25) is 15.9 Å². The first-order valence-electron chi connectivity index (χ1n) is 9.28. The number of nitrogens with one attached hydrogen (secondary N) is 2. The number of hydrogen-bond acceptors (Lipinski definition) is 6. The highest BCUT2D eigenvalue weighted by atomic mass is 32.2. The van der Waals surface area contributed by atoms with Gasteiger partial charge in [0.25, 0.3) is 11.8 Å². The second-order valence-electron chi connectivity index (χ2n) is 6.98. The Morgan fingerprint density at radius 2 is 1.80 bits per heavy atom. The van der Waals surface area contributed by atoms with Crippen LogP contribution in [0.4, 0.5) is 5.69 Å². The molecule has 0 radical (unpaired) electrons. The van der Waals surface area contributed by atoms with E-state index in [4.69, 9.17) is 4.74 Å². The Bertz CT molecular complexity index is 1140. The van der Waals surface area contributed by atoms with Crippen LogP contribution in [0.15, 0.2) is 47.4 Å². The summed E-state index contributed by atoms with van der Waals surface area (Å²) in [7, 11) is -2.38. The average molecular weight is 429 g/mol. The van der Waals surface area contributed by atoms with Gasteiger partial charge in [-0.15, -0.1) is 0 Å². The fourth-order valence-electron chi connectivity index (χ4n) is 3.64. The fraction of sp³-hybridized carbons (Fsp3) is 0.250. The van der Waals surface area contributed by atoms with Crippen LogP contribution >= 0.6 is 0 Å². The molecule has 2 aromatic rings. The maximum atomic E-state index is 13.0. The van der Waals surface area contributed by atoms with Gasteiger partial charge in [-0.3, -0.25) is 19.7 Å². The molecule has 1 atom stereocenters. The van der Waals surface area contributed by atoms with E-state index in [1.165, 1.54) is 41.7 Å². The van der Waals surface area contributed by atoms with Crippen LogP contribution in [0, 0.1) is 0 Å². The van der Waals surface area contributed by atoms with Gasteiger partial charge >= 0.3 is 0 Å². The second kappa shape index (κ2) is 7.54. The smallest absolute Gasteiger partial charge is 0.259 e. The number of carbonyl (C=O) groups excluding carboxylic acids is 3. The number of nitrogens with zero attached hydrogens (tertiary/aromatic N) is 1. The molecule has 9 nitrogen and oxygen atoms in total. The number of methoxy groups -OCH3 is 1. The summed E-state index contributed by atoms with van der Waals surface area (Å²) in [4.78, 5) is 36.4. The van der Waals surface area contributed by atoms with Crippen molar-refractivity contribution in [3.05, 3.63) is 53.6 Å². The average Bonchev–Trinajstić information content (AvgIpc) is 3.34. The Hall–Kier alpha value is -3.24. The second-order valence-corrected chi connectivity index (χ2v) is 8.87. The number of rotatable bonds is 5. The quantitative estimate of drug-likeness (QED) is 0.693. The van der Waals surface area contributed by atoms with Gasteiger partial charge in [-0.1, -0.05) is 0 Å². The Morgan fingerprint density at radius 3 is 2.50 bits per heavy atom. The summed E-state index contributed by atoms with van der Waals surface area (Å²) >= 11 is 0. The van der Waals surface area contributed by atoms with E-state index >= 15 is 0 Å². The SMILES string of the molecule is COc1ccc(S(=O)(=O)N2CCC[C@@H]2C(=O)Nc2ccc3c(c2)C(=O)NC3=O)cc1. The molecule has 30 heavy (non-hydrogen) atoms. The molecule has 2 N–H and O–H groups in total. The predicted molar refractivity (Wildman–Crippen MR) is 107 cm³/mol. The summed E-state index contributed by atoms with van der Waals surface area (Å²) in [6.07, 6.45) is 0.930. The molecule has 156 valence electrons. The number of fused-ring (bicyclic) bond motifs is 1. The lowest BCUT2D eigenvalue weighted by Crippen LogP contribution is -2.43. The van der Waals surface area contributed by atoms with E-state index in [2.05, 4.69) is 10.6 Å². The minimum atomic E-state index is -3.87. The van der Waals surface area contributed by atoms with Crippen LogP contribution in [0.5, 0.6) is 5.75 Å². The topological polar surface area (TPSA) is 122 Å². The van der Waals surface area contributed by atoms with Crippen molar-refractivity contribution in [1.29, 1.82) is 0 Å². The van der Waals surface area contributed by atoms with E-state index in [9.17, 15) is 22.8 Å². The van der Waals surface area contributed by atoms with Gasteiger partial charge in [-0.05, 0) is 55.3 Å². The lowest BCUT2D eigenvalue weighted by Gasteiger charge is -2.23.